The Morgan fingerprint density at radius 2 is 2.31 bits per heavy atom. The van der Waals surface area contributed by atoms with Crippen molar-refractivity contribution in [1.29, 1.82) is 0 Å². The number of aliphatic hydroxyl groups is 1. The van der Waals surface area contributed by atoms with Gasteiger partial charge in [-0.05, 0) is 49.1 Å². The number of hydrogen-bond acceptors (Lipinski definition) is 3. The van der Waals surface area contributed by atoms with Gasteiger partial charge in [0, 0.05) is 24.8 Å². The van der Waals surface area contributed by atoms with Crippen LogP contribution in [-0.2, 0) is 0 Å². The molecule has 0 spiro atoms. The van der Waals surface area contributed by atoms with Crippen molar-refractivity contribution in [2.45, 2.75) is 19.3 Å². The van der Waals surface area contributed by atoms with Gasteiger partial charge in [0.05, 0.1) is 0 Å². The number of hydrogen-bond donors (Lipinski definition) is 3. The third kappa shape index (κ3) is 2.20. The van der Waals surface area contributed by atoms with Crippen LogP contribution in [0.4, 0.5) is 5.69 Å². The van der Waals surface area contributed by atoms with Gasteiger partial charge in [-0.25, -0.2) is 0 Å². The molecule has 1 fully saturated rings. The highest BCUT2D eigenvalue weighted by Crippen LogP contribution is 2.32. The number of rotatable bonds is 2. The molecule has 0 radical (unpaired) electrons. The van der Waals surface area contributed by atoms with Gasteiger partial charge in [-0.1, -0.05) is 6.07 Å². The van der Waals surface area contributed by atoms with Crippen LogP contribution in [0.1, 0.15) is 23.5 Å². The third-order valence-corrected chi connectivity index (χ3v) is 3.54. The fourth-order valence-electron chi connectivity index (χ4n) is 2.64. The van der Waals surface area contributed by atoms with Crippen molar-refractivity contribution >= 4 is 5.69 Å². The lowest BCUT2D eigenvalue weighted by Crippen LogP contribution is -2.37. The molecule has 16 heavy (non-hydrogen) atoms. The van der Waals surface area contributed by atoms with Gasteiger partial charge in [-0.15, -0.1) is 0 Å². The average Bonchev–Trinajstić information content (AvgIpc) is 2.29. The van der Waals surface area contributed by atoms with Crippen LogP contribution in [0.5, 0.6) is 0 Å². The van der Waals surface area contributed by atoms with Gasteiger partial charge < -0.3 is 16.2 Å². The molecule has 4 N–H and O–H groups in total. The molecule has 2 atom stereocenters. The fraction of sp³-hybridized carbons (Fsp3) is 0.538. The van der Waals surface area contributed by atoms with E-state index in [2.05, 4.69) is 18.3 Å². The minimum absolute atomic E-state index is 0.251. The summed E-state index contributed by atoms with van der Waals surface area (Å²) < 4.78 is 0. The smallest absolute Gasteiger partial charge is 0.0477 e. The first-order valence-corrected chi connectivity index (χ1v) is 5.90. The Hall–Kier alpha value is -1.06. The van der Waals surface area contributed by atoms with Gasteiger partial charge in [-0.3, -0.25) is 0 Å². The van der Waals surface area contributed by atoms with Crippen LogP contribution in [0.2, 0.25) is 0 Å². The molecule has 1 saturated heterocycles. The Morgan fingerprint density at radius 1 is 1.50 bits per heavy atom. The van der Waals surface area contributed by atoms with E-state index in [4.69, 9.17) is 5.73 Å². The van der Waals surface area contributed by atoms with Crippen molar-refractivity contribution in [3.63, 3.8) is 0 Å². The van der Waals surface area contributed by atoms with Gasteiger partial charge in [0.25, 0.3) is 0 Å². The number of aryl methyl sites for hydroxylation is 1. The van der Waals surface area contributed by atoms with E-state index in [1.54, 1.807) is 0 Å². The van der Waals surface area contributed by atoms with Crippen LogP contribution in [0.25, 0.3) is 0 Å². The molecule has 1 aliphatic rings. The van der Waals surface area contributed by atoms with E-state index < -0.39 is 0 Å². The molecule has 1 aliphatic heterocycles. The Labute approximate surface area is 96.7 Å². The number of aliphatic hydroxyl groups excluding tert-OH is 1. The molecule has 0 aromatic heterocycles. The Bertz CT molecular complexity index is 365. The molecule has 2 rings (SSSR count). The number of nitrogens with one attached hydrogen (secondary N) is 1. The quantitative estimate of drug-likeness (QED) is 0.658. The topological polar surface area (TPSA) is 58.3 Å². The van der Waals surface area contributed by atoms with Crippen LogP contribution in [-0.4, -0.2) is 24.8 Å². The van der Waals surface area contributed by atoms with Crippen molar-refractivity contribution < 1.29 is 5.11 Å². The highest BCUT2D eigenvalue weighted by atomic mass is 16.3. The minimum atomic E-state index is 0.251. The van der Waals surface area contributed by atoms with E-state index in [9.17, 15) is 5.11 Å². The maximum absolute atomic E-state index is 9.40. The van der Waals surface area contributed by atoms with E-state index in [1.165, 1.54) is 11.1 Å². The van der Waals surface area contributed by atoms with E-state index in [0.29, 0.717) is 11.8 Å². The van der Waals surface area contributed by atoms with Crippen molar-refractivity contribution in [1.82, 2.24) is 5.32 Å². The summed E-state index contributed by atoms with van der Waals surface area (Å²) in [6, 6.07) is 6.09. The lowest BCUT2D eigenvalue weighted by Gasteiger charge is -2.32. The van der Waals surface area contributed by atoms with Crippen molar-refractivity contribution in [3.05, 3.63) is 29.3 Å². The maximum Gasteiger partial charge on any atom is 0.0477 e. The van der Waals surface area contributed by atoms with Gasteiger partial charge in [-0.2, -0.15) is 0 Å². The second-order valence-corrected chi connectivity index (χ2v) is 4.66. The monoisotopic (exact) mass is 220 g/mol. The summed E-state index contributed by atoms with van der Waals surface area (Å²) in [6.07, 6.45) is 1.09. The summed E-state index contributed by atoms with van der Waals surface area (Å²) in [5, 5.41) is 12.7. The lowest BCUT2D eigenvalue weighted by atomic mass is 9.80. The number of piperidine rings is 1. The molecule has 0 saturated carbocycles. The molecule has 0 bridgehead atoms. The molecule has 1 aromatic rings. The predicted molar refractivity (Wildman–Crippen MR) is 66.4 cm³/mol. The second kappa shape index (κ2) is 4.85. The summed E-state index contributed by atoms with van der Waals surface area (Å²) in [5.41, 5.74) is 9.16. The first-order chi connectivity index (χ1) is 7.72. The lowest BCUT2D eigenvalue weighted by molar-refractivity contribution is 0.179. The normalized spacial score (nSPS) is 25.6. The van der Waals surface area contributed by atoms with Crippen LogP contribution < -0.4 is 11.1 Å². The van der Waals surface area contributed by atoms with Crippen LogP contribution in [0, 0.1) is 12.8 Å². The van der Waals surface area contributed by atoms with Crippen LogP contribution in [0.15, 0.2) is 18.2 Å². The summed E-state index contributed by atoms with van der Waals surface area (Å²) in [5.74, 6) is 0.794. The van der Waals surface area contributed by atoms with Crippen LogP contribution >= 0.6 is 0 Å². The van der Waals surface area contributed by atoms with Gasteiger partial charge in [0.1, 0.15) is 0 Å². The Kier molecular flexibility index (Phi) is 3.46. The summed E-state index contributed by atoms with van der Waals surface area (Å²) in [6.45, 7) is 4.29. The highest BCUT2D eigenvalue weighted by Gasteiger charge is 2.26. The zero-order valence-electron chi connectivity index (χ0n) is 9.74. The summed E-state index contributed by atoms with van der Waals surface area (Å²) in [4.78, 5) is 0. The van der Waals surface area contributed by atoms with Gasteiger partial charge >= 0.3 is 0 Å². The molecule has 2 unspecified atom stereocenters. The number of nitrogen functional groups attached to an aromatic ring is 1. The number of nitrogens with two attached hydrogens (primary N) is 1. The van der Waals surface area contributed by atoms with Gasteiger partial charge in [0.2, 0.25) is 0 Å². The second-order valence-electron chi connectivity index (χ2n) is 4.66. The molecule has 1 aromatic carbocycles. The molecular weight excluding hydrogens is 200 g/mol. The molecule has 88 valence electrons. The third-order valence-electron chi connectivity index (χ3n) is 3.54. The zero-order chi connectivity index (χ0) is 11.5. The van der Waals surface area contributed by atoms with E-state index >= 15 is 0 Å². The van der Waals surface area contributed by atoms with Crippen molar-refractivity contribution in [2.75, 3.05) is 25.4 Å². The van der Waals surface area contributed by atoms with Gasteiger partial charge in [0.15, 0.2) is 0 Å². The molecule has 1 heterocycles. The Balaban J connectivity index is 2.27. The SMILES string of the molecule is Cc1cc(N)ccc1C1CCNCC1CO. The van der Waals surface area contributed by atoms with Crippen molar-refractivity contribution in [2.24, 2.45) is 5.92 Å². The standard InChI is InChI=1S/C13H20N2O/c1-9-6-11(14)2-3-12(9)13-4-5-15-7-10(13)8-16/h2-3,6,10,13,15-16H,4-5,7-8,14H2,1H3. The summed E-state index contributed by atoms with van der Waals surface area (Å²) >= 11 is 0. The predicted octanol–water partition coefficient (Wildman–Crippen LogP) is 1.26. The van der Waals surface area contributed by atoms with Crippen molar-refractivity contribution in [3.8, 4) is 0 Å². The molecule has 0 aliphatic carbocycles. The molecule has 3 heteroatoms. The molecule has 3 nitrogen and oxygen atoms in total. The zero-order valence-corrected chi connectivity index (χ0v) is 9.74. The first-order valence-electron chi connectivity index (χ1n) is 5.90. The fourth-order valence-corrected chi connectivity index (χ4v) is 2.64. The van der Waals surface area contributed by atoms with E-state index in [-0.39, 0.29) is 6.61 Å². The van der Waals surface area contributed by atoms with E-state index in [0.717, 1.165) is 25.2 Å². The highest BCUT2D eigenvalue weighted by molar-refractivity contribution is 5.45. The largest absolute Gasteiger partial charge is 0.399 e. The Morgan fingerprint density at radius 3 is 3.00 bits per heavy atom. The maximum atomic E-state index is 9.40. The minimum Gasteiger partial charge on any atom is -0.399 e. The number of benzene rings is 1. The molecule has 0 amide bonds. The van der Waals surface area contributed by atoms with E-state index in [1.807, 2.05) is 12.1 Å². The average molecular weight is 220 g/mol. The molecular formula is C13H20N2O. The first kappa shape index (κ1) is 11.4. The summed E-state index contributed by atoms with van der Waals surface area (Å²) in [7, 11) is 0. The van der Waals surface area contributed by atoms with Crippen LogP contribution in [0.3, 0.4) is 0 Å². The number of anilines is 1.